The van der Waals surface area contributed by atoms with Crippen molar-refractivity contribution in [3.8, 4) is 11.5 Å². The number of hydrogen-bond acceptors (Lipinski definition) is 7. The van der Waals surface area contributed by atoms with E-state index in [9.17, 15) is 18.0 Å². The molecule has 0 aliphatic carbocycles. The first-order valence-corrected chi connectivity index (χ1v) is 11.5. The Morgan fingerprint density at radius 1 is 0.909 bits per heavy atom. The highest BCUT2D eigenvalue weighted by Crippen LogP contribution is 2.26. The summed E-state index contributed by atoms with van der Waals surface area (Å²) in [4.78, 5) is 26.9. The van der Waals surface area contributed by atoms with Gasteiger partial charge >= 0.3 is 5.97 Å². The van der Waals surface area contributed by atoms with Crippen LogP contribution in [0.3, 0.4) is 0 Å². The first-order chi connectivity index (χ1) is 15.4. The third-order valence-electron chi connectivity index (χ3n) is 5.24. The van der Waals surface area contributed by atoms with Crippen LogP contribution in [0.15, 0.2) is 35.2 Å². The number of nitrogens with zero attached hydrogens (tertiary/aromatic N) is 2. The Balaban J connectivity index is 2.55. The quantitative estimate of drug-likeness (QED) is 0.510. The van der Waals surface area contributed by atoms with Gasteiger partial charge in [-0.15, -0.1) is 0 Å². The summed E-state index contributed by atoms with van der Waals surface area (Å²) < 4.78 is 42.0. The van der Waals surface area contributed by atoms with Gasteiger partial charge in [0, 0.05) is 32.3 Å². The highest BCUT2D eigenvalue weighted by Gasteiger charge is 2.26. The van der Waals surface area contributed by atoms with Crippen LogP contribution in [0.4, 0.5) is 0 Å². The number of hydrogen-bond donors (Lipinski definition) is 0. The lowest BCUT2D eigenvalue weighted by Crippen LogP contribution is -2.36. The number of benzene rings is 2. The highest BCUT2D eigenvalue weighted by atomic mass is 32.2. The normalized spacial score (nSPS) is 11.3. The summed E-state index contributed by atoms with van der Waals surface area (Å²) in [6.45, 7) is 3.15. The predicted octanol–water partition coefficient (Wildman–Crippen LogP) is 2.39. The van der Waals surface area contributed by atoms with Gasteiger partial charge in [-0.25, -0.2) is 12.7 Å². The van der Waals surface area contributed by atoms with Crippen molar-refractivity contribution in [2.45, 2.75) is 25.3 Å². The van der Waals surface area contributed by atoms with Crippen LogP contribution in [0.5, 0.6) is 11.5 Å². The van der Waals surface area contributed by atoms with E-state index in [1.807, 2.05) is 0 Å². The van der Waals surface area contributed by atoms with Crippen molar-refractivity contribution in [3.05, 3.63) is 52.6 Å². The molecule has 1 amide bonds. The van der Waals surface area contributed by atoms with E-state index in [1.54, 1.807) is 38.1 Å². The zero-order valence-corrected chi connectivity index (χ0v) is 20.8. The summed E-state index contributed by atoms with van der Waals surface area (Å²) in [5, 5.41) is 0. The molecule has 9 nitrogen and oxygen atoms in total. The molecule has 0 N–H and O–H groups in total. The van der Waals surface area contributed by atoms with E-state index in [2.05, 4.69) is 0 Å². The van der Waals surface area contributed by atoms with E-state index in [4.69, 9.17) is 14.2 Å². The fourth-order valence-electron chi connectivity index (χ4n) is 3.20. The zero-order chi connectivity index (χ0) is 24.9. The molecule has 0 aliphatic rings. The van der Waals surface area contributed by atoms with Crippen LogP contribution in [-0.4, -0.2) is 71.5 Å². The van der Waals surface area contributed by atoms with Gasteiger partial charge in [-0.2, -0.15) is 0 Å². The van der Waals surface area contributed by atoms with Gasteiger partial charge in [0.1, 0.15) is 18.0 Å². The molecule has 0 atom stereocenters. The molecular weight excluding hydrogens is 448 g/mol. The van der Waals surface area contributed by atoms with E-state index < -0.39 is 21.9 Å². The van der Waals surface area contributed by atoms with Crippen molar-refractivity contribution in [3.63, 3.8) is 0 Å². The van der Waals surface area contributed by atoms with Crippen molar-refractivity contribution in [1.82, 2.24) is 9.21 Å². The standard InChI is InChI=1S/C23H30N2O7S/c1-15-8-18(11-21(16(15)2)33(28,29)24(3)4)23(27)25(14-22(26)32-7)13-17-9-19(30-5)12-20(10-17)31-6/h8-12H,13-14H2,1-7H3. The van der Waals surface area contributed by atoms with Crippen LogP contribution in [0.25, 0.3) is 0 Å². The summed E-state index contributed by atoms with van der Waals surface area (Å²) in [6, 6.07) is 8.10. The van der Waals surface area contributed by atoms with Crippen molar-refractivity contribution in [1.29, 1.82) is 0 Å². The smallest absolute Gasteiger partial charge is 0.325 e. The Hall–Kier alpha value is -3.11. The lowest BCUT2D eigenvalue weighted by molar-refractivity contribution is -0.141. The van der Waals surface area contributed by atoms with Gasteiger partial charge in [0.05, 0.1) is 26.2 Å². The lowest BCUT2D eigenvalue weighted by atomic mass is 10.0. The maximum Gasteiger partial charge on any atom is 0.325 e. The van der Waals surface area contributed by atoms with E-state index in [0.29, 0.717) is 28.2 Å². The topological polar surface area (TPSA) is 102 Å². The van der Waals surface area contributed by atoms with Gasteiger partial charge in [-0.3, -0.25) is 9.59 Å². The molecule has 2 aromatic carbocycles. The second kappa shape index (κ2) is 10.7. The molecule has 0 unspecified atom stereocenters. The molecule has 0 saturated carbocycles. The summed E-state index contributed by atoms with van der Waals surface area (Å²) in [7, 11) is 3.34. The molecule has 33 heavy (non-hydrogen) atoms. The van der Waals surface area contributed by atoms with Gasteiger partial charge in [-0.05, 0) is 54.8 Å². The van der Waals surface area contributed by atoms with E-state index in [1.165, 1.54) is 46.4 Å². The Labute approximate surface area is 194 Å². The number of methoxy groups -OCH3 is 3. The average Bonchev–Trinajstić information content (AvgIpc) is 2.78. The number of rotatable bonds is 9. The van der Waals surface area contributed by atoms with Crippen molar-refractivity contribution in [2.24, 2.45) is 0 Å². The maximum absolute atomic E-state index is 13.5. The number of sulfonamides is 1. The Bertz CT molecular complexity index is 1120. The average molecular weight is 479 g/mol. The van der Waals surface area contributed by atoms with Crippen LogP contribution in [-0.2, 0) is 26.1 Å². The highest BCUT2D eigenvalue weighted by molar-refractivity contribution is 7.89. The molecule has 0 heterocycles. The summed E-state index contributed by atoms with van der Waals surface area (Å²) in [5.74, 6) is -0.0654. The Morgan fingerprint density at radius 2 is 1.48 bits per heavy atom. The maximum atomic E-state index is 13.5. The van der Waals surface area contributed by atoms with Gasteiger partial charge in [0.25, 0.3) is 5.91 Å². The SMILES string of the molecule is COC(=O)CN(Cc1cc(OC)cc(OC)c1)C(=O)c1cc(C)c(C)c(S(=O)(=O)N(C)C)c1. The van der Waals surface area contributed by atoms with Crippen LogP contribution in [0.1, 0.15) is 27.0 Å². The van der Waals surface area contributed by atoms with E-state index in [-0.39, 0.29) is 23.5 Å². The minimum Gasteiger partial charge on any atom is -0.497 e. The molecule has 0 bridgehead atoms. The van der Waals surface area contributed by atoms with Gasteiger partial charge < -0.3 is 19.1 Å². The van der Waals surface area contributed by atoms with Crippen molar-refractivity contribution in [2.75, 3.05) is 42.0 Å². The van der Waals surface area contributed by atoms with Crippen LogP contribution >= 0.6 is 0 Å². The number of ether oxygens (including phenoxy) is 3. The lowest BCUT2D eigenvalue weighted by Gasteiger charge is -2.23. The van der Waals surface area contributed by atoms with Gasteiger partial charge in [-0.1, -0.05) is 0 Å². The zero-order valence-electron chi connectivity index (χ0n) is 20.0. The van der Waals surface area contributed by atoms with Gasteiger partial charge in [0.2, 0.25) is 10.0 Å². The first kappa shape index (κ1) is 26.1. The third-order valence-corrected chi connectivity index (χ3v) is 7.19. The molecule has 0 radical (unpaired) electrons. The summed E-state index contributed by atoms with van der Waals surface area (Å²) >= 11 is 0. The molecular formula is C23H30N2O7S. The van der Waals surface area contributed by atoms with E-state index in [0.717, 1.165) is 4.31 Å². The largest absolute Gasteiger partial charge is 0.497 e. The predicted molar refractivity (Wildman–Crippen MR) is 123 cm³/mol. The number of esters is 1. The summed E-state index contributed by atoms with van der Waals surface area (Å²) in [5.41, 5.74) is 2.00. The first-order valence-electron chi connectivity index (χ1n) is 10.1. The van der Waals surface area contributed by atoms with Gasteiger partial charge in [0.15, 0.2) is 0 Å². The fourth-order valence-corrected chi connectivity index (χ4v) is 4.41. The molecule has 10 heteroatoms. The van der Waals surface area contributed by atoms with Crippen LogP contribution < -0.4 is 9.47 Å². The molecule has 2 aromatic rings. The number of carbonyl (C=O) groups is 2. The molecule has 0 fully saturated rings. The monoisotopic (exact) mass is 478 g/mol. The van der Waals surface area contributed by atoms with Crippen LogP contribution in [0, 0.1) is 13.8 Å². The molecule has 0 aromatic heterocycles. The van der Waals surface area contributed by atoms with Crippen molar-refractivity contribution >= 4 is 21.9 Å². The molecule has 0 spiro atoms. The Morgan fingerprint density at radius 3 is 1.97 bits per heavy atom. The Kier molecular flexibility index (Phi) is 8.45. The molecule has 0 aliphatic heterocycles. The van der Waals surface area contributed by atoms with Crippen molar-refractivity contribution < 1.29 is 32.2 Å². The molecule has 0 saturated heterocycles. The third kappa shape index (κ3) is 6.02. The van der Waals surface area contributed by atoms with Crippen LogP contribution in [0.2, 0.25) is 0 Å². The summed E-state index contributed by atoms with van der Waals surface area (Å²) in [6.07, 6.45) is 0. The second-order valence-corrected chi connectivity index (χ2v) is 9.78. The minimum atomic E-state index is -3.78. The molecule has 2 rings (SSSR count). The number of carbonyl (C=O) groups excluding carboxylic acids is 2. The number of aryl methyl sites for hydroxylation is 1. The van der Waals surface area contributed by atoms with E-state index >= 15 is 0 Å². The number of amides is 1. The molecule has 180 valence electrons. The fraction of sp³-hybridized carbons (Fsp3) is 0.391. The minimum absolute atomic E-state index is 0.0388. The second-order valence-electron chi connectivity index (χ2n) is 7.66.